The summed E-state index contributed by atoms with van der Waals surface area (Å²) >= 11 is 6.17. The summed E-state index contributed by atoms with van der Waals surface area (Å²) in [5.41, 5.74) is 1.09. The van der Waals surface area contributed by atoms with Crippen LogP contribution in [0.3, 0.4) is 0 Å². The fourth-order valence-corrected chi connectivity index (χ4v) is 3.02. The Morgan fingerprint density at radius 2 is 2.15 bits per heavy atom. The number of halogens is 1. The molecule has 1 atom stereocenters. The van der Waals surface area contributed by atoms with Gasteiger partial charge in [0.15, 0.2) is 5.96 Å². The highest BCUT2D eigenvalue weighted by Crippen LogP contribution is 2.33. The molecule has 0 aliphatic carbocycles. The normalized spacial score (nSPS) is 18.4. The van der Waals surface area contributed by atoms with Crippen molar-refractivity contribution in [3.05, 3.63) is 23.2 Å². The second-order valence-corrected chi connectivity index (χ2v) is 7.96. The van der Waals surface area contributed by atoms with Gasteiger partial charge in [0, 0.05) is 43.3 Å². The van der Waals surface area contributed by atoms with Gasteiger partial charge in [0.1, 0.15) is 5.75 Å². The van der Waals surface area contributed by atoms with Crippen molar-refractivity contribution in [3.63, 3.8) is 0 Å². The number of aliphatic imine (C=N–C) groups is 1. The molecule has 0 saturated carbocycles. The second kappa shape index (κ2) is 8.82. The number of benzene rings is 1. The molecule has 0 radical (unpaired) electrons. The molecule has 2 rings (SSSR count). The van der Waals surface area contributed by atoms with E-state index in [1.165, 1.54) is 0 Å². The lowest BCUT2D eigenvalue weighted by atomic mass is 10.0. The van der Waals surface area contributed by atoms with E-state index in [1.807, 2.05) is 25.2 Å². The number of nitrogens with one attached hydrogen (secondary N) is 2. The largest absolute Gasteiger partial charge is 0.495 e. The zero-order valence-electron chi connectivity index (χ0n) is 16.8. The third-order valence-corrected chi connectivity index (χ3v) is 5.37. The molecule has 146 valence electrons. The molecule has 1 aliphatic heterocycles. The monoisotopic (exact) mass is 381 g/mol. The van der Waals surface area contributed by atoms with Gasteiger partial charge in [-0.05, 0) is 52.6 Å². The van der Waals surface area contributed by atoms with Gasteiger partial charge in [-0.15, -0.1) is 0 Å². The van der Waals surface area contributed by atoms with Crippen molar-refractivity contribution in [2.24, 2.45) is 4.99 Å². The number of hydrogen-bond donors (Lipinski definition) is 2. The lowest BCUT2D eigenvalue weighted by Crippen LogP contribution is -2.52. The number of ether oxygens (including phenoxy) is 1. The van der Waals surface area contributed by atoms with E-state index in [1.54, 1.807) is 7.11 Å². The first-order valence-corrected chi connectivity index (χ1v) is 9.37. The maximum atomic E-state index is 6.17. The molecule has 1 unspecified atom stereocenters. The molecule has 7 heteroatoms. The first-order chi connectivity index (χ1) is 12.3. The molecule has 0 aromatic heterocycles. The molecule has 0 bridgehead atoms. The van der Waals surface area contributed by atoms with E-state index < -0.39 is 0 Å². The molecule has 2 N–H and O–H groups in total. The summed E-state index contributed by atoms with van der Waals surface area (Å²) in [5.74, 6) is 1.69. The minimum atomic E-state index is 0.0491. The number of nitrogens with zero attached hydrogens (tertiary/aromatic N) is 3. The van der Waals surface area contributed by atoms with Crippen molar-refractivity contribution < 1.29 is 4.74 Å². The van der Waals surface area contributed by atoms with Gasteiger partial charge in [-0.2, -0.15) is 0 Å². The van der Waals surface area contributed by atoms with Gasteiger partial charge in [0.2, 0.25) is 0 Å². The molecular weight excluding hydrogens is 350 g/mol. The van der Waals surface area contributed by atoms with Crippen LogP contribution in [0.1, 0.15) is 20.3 Å². The Hall–Kier alpha value is -1.66. The standard InChI is InChI=1S/C19H32ClN5O/c1-19(2,24(4)5)13-22-18(21-3)23-15-9-10-25(12-15)16-11-14(20)7-8-17(16)26-6/h7-8,11,15H,9-10,12-13H2,1-6H3,(H2,21,22,23). The van der Waals surface area contributed by atoms with Gasteiger partial charge in [-0.1, -0.05) is 11.6 Å². The first kappa shape index (κ1) is 20.6. The SMILES string of the molecule is CN=C(NCC(C)(C)N(C)C)NC1CCN(c2cc(Cl)ccc2OC)C1. The Morgan fingerprint density at radius 3 is 2.77 bits per heavy atom. The first-order valence-electron chi connectivity index (χ1n) is 9.00. The molecule has 1 fully saturated rings. The molecule has 1 aromatic carbocycles. The van der Waals surface area contributed by atoms with Crippen molar-refractivity contribution in [3.8, 4) is 5.75 Å². The molecule has 1 heterocycles. The Balaban J connectivity index is 1.95. The van der Waals surface area contributed by atoms with E-state index in [-0.39, 0.29) is 5.54 Å². The van der Waals surface area contributed by atoms with Gasteiger partial charge in [0.25, 0.3) is 0 Å². The fourth-order valence-electron chi connectivity index (χ4n) is 2.85. The summed E-state index contributed by atoms with van der Waals surface area (Å²) in [7, 11) is 7.68. The van der Waals surface area contributed by atoms with Crippen LogP contribution in [0.2, 0.25) is 5.02 Å². The van der Waals surface area contributed by atoms with E-state index in [0.29, 0.717) is 6.04 Å². The van der Waals surface area contributed by atoms with Gasteiger partial charge in [0.05, 0.1) is 12.8 Å². The summed E-state index contributed by atoms with van der Waals surface area (Å²) in [4.78, 5) is 8.88. The average molecular weight is 382 g/mol. The van der Waals surface area contributed by atoms with Crippen LogP contribution in [-0.4, -0.2) is 70.3 Å². The summed E-state index contributed by atoms with van der Waals surface area (Å²) in [6, 6.07) is 6.07. The van der Waals surface area contributed by atoms with Crippen LogP contribution in [0.4, 0.5) is 5.69 Å². The van der Waals surface area contributed by atoms with E-state index >= 15 is 0 Å². The quantitative estimate of drug-likeness (QED) is 0.585. The van der Waals surface area contributed by atoms with Gasteiger partial charge >= 0.3 is 0 Å². The minimum absolute atomic E-state index is 0.0491. The van der Waals surface area contributed by atoms with Gasteiger partial charge in [-0.3, -0.25) is 4.99 Å². The Kier molecular flexibility index (Phi) is 7.01. The van der Waals surface area contributed by atoms with Crippen molar-refractivity contribution in [2.75, 3.05) is 52.8 Å². The molecule has 1 saturated heterocycles. The fraction of sp³-hybridized carbons (Fsp3) is 0.632. The van der Waals surface area contributed by atoms with E-state index in [0.717, 1.165) is 48.5 Å². The van der Waals surface area contributed by atoms with Gasteiger partial charge in [-0.25, -0.2) is 0 Å². The summed E-state index contributed by atoms with van der Waals surface area (Å²) in [6.07, 6.45) is 1.04. The third kappa shape index (κ3) is 5.17. The van der Waals surface area contributed by atoms with E-state index in [9.17, 15) is 0 Å². The number of anilines is 1. The highest BCUT2D eigenvalue weighted by atomic mass is 35.5. The lowest BCUT2D eigenvalue weighted by Gasteiger charge is -2.33. The van der Waals surface area contributed by atoms with Crippen molar-refractivity contribution in [2.45, 2.75) is 31.8 Å². The number of methoxy groups -OCH3 is 1. The number of hydrogen-bond acceptors (Lipinski definition) is 4. The van der Waals surface area contributed by atoms with E-state index in [2.05, 4.69) is 53.4 Å². The number of likely N-dealkylation sites (N-methyl/N-ethyl adjacent to an activating group) is 1. The lowest BCUT2D eigenvalue weighted by molar-refractivity contribution is 0.197. The summed E-state index contributed by atoms with van der Waals surface area (Å²) < 4.78 is 5.49. The van der Waals surface area contributed by atoms with Crippen LogP contribution >= 0.6 is 11.6 Å². The summed E-state index contributed by atoms with van der Waals surface area (Å²) in [5, 5.41) is 7.69. The van der Waals surface area contributed by atoms with Gasteiger partial charge < -0.3 is 25.2 Å². The van der Waals surface area contributed by atoms with Crippen molar-refractivity contribution in [1.82, 2.24) is 15.5 Å². The Morgan fingerprint density at radius 1 is 1.42 bits per heavy atom. The Bertz CT molecular complexity index is 632. The van der Waals surface area contributed by atoms with Crippen LogP contribution in [0.25, 0.3) is 0 Å². The highest BCUT2D eigenvalue weighted by Gasteiger charge is 2.26. The van der Waals surface area contributed by atoms with Crippen LogP contribution in [-0.2, 0) is 0 Å². The predicted octanol–water partition coefficient (Wildman–Crippen LogP) is 2.43. The smallest absolute Gasteiger partial charge is 0.191 e. The average Bonchev–Trinajstić information content (AvgIpc) is 3.06. The topological polar surface area (TPSA) is 52.1 Å². The molecule has 26 heavy (non-hydrogen) atoms. The zero-order valence-corrected chi connectivity index (χ0v) is 17.5. The van der Waals surface area contributed by atoms with Crippen molar-refractivity contribution >= 4 is 23.2 Å². The predicted molar refractivity (Wildman–Crippen MR) is 111 cm³/mol. The molecule has 1 aromatic rings. The molecule has 0 spiro atoms. The zero-order chi connectivity index (χ0) is 19.3. The maximum absolute atomic E-state index is 6.17. The van der Waals surface area contributed by atoms with Crippen molar-refractivity contribution in [1.29, 1.82) is 0 Å². The van der Waals surface area contributed by atoms with Crippen LogP contribution in [0.5, 0.6) is 5.75 Å². The molecule has 1 aliphatic rings. The Labute approximate surface area is 162 Å². The second-order valence-electron chi connectivity index (χ2n) is 7.52. The van der Waals surface area contributed by atoms with E-state index in [4.69, 9.17) is 16.3 Å². The minimum Gasteiger partial charge on any atom is -0.495 e. The number of guanidine groups is 1. The molecule has 0 amide bonds. The molecular formula is C19H32ClN5O. The highest BCUT2D eigenvalue weighted by molar-refractivity contribution is 6.30. The van der Waals surface area contributed by atoms with Crippen LogP contribution in [0.15, 0.2) is 23.2 Å². The molecule has 6 nitrogen and oxygen atoms in total. The number of rotatable bonds is 6. The maximum Gasteiger partial charge on any atom is 0.191 e. The van der Waals surface area contributed by atoms with Crippen LogP contribution < -0.4 is 20.3 Å². The van der Waals surface area contributed by atoms with Crippen LogP contribution in [0, 0.1) is 0 Å². The summed E-state index contributed by atoms with van der Waals surface area (Å²) in [6.45, 7) is 7.06. The third-order valence-electron chi connectivity index (χ3n) is 5.13.